The van der Waals surface area contributed by atoms with Gasteiger partial charge in [0.1, 0.15) is 5.75 Å². The van der Waals surface area contributed by atoms with Crippen LogP contribution in [-0.2, 0) is 24.1 Å². The van der Waals surface area contributed by atoms with Crippen LogP contribution in [0.1, 0.15) is 75.5 Å². The zero-order valence-electron chi connectivity index (χ0n) is 21.1. The Bertz CT molecular complexity index is 995. The number of benzene rings is 1. The summed E-state index contributed by atoms with van der Waals surface area (Å²) < 4.78 is 7.11. The highest BCUT2D eigenvalue weighted by molar-refractivity contribution is 5.44. The Kier molecular flexibility index (Phi) is 6.26. The molecule has 2 aliphatic heterocycles. The molecule has 3 aliphatic carbocycles. The normalized spacial score (nSPS) is 38.1. The highest BCUT2D eigenvalue weighted by Crippen LogP contribution is 2.62. The van der Waals surface area contributed by atoms with Crippen LogP contribution in [0.5, 0.6) is 5.75 Å². The largest absolute Gasteiger partial charge is 0.508 e. The first-order valence-electron chi connectivity index (χ1n) is 13.3. The number of rotatable bonds is 4. The van der Waals surface area contributed by atoms with Gasteiger partial charge in [-0.15, -0.1) is 0 Å². The molecule has 4 bridgehead atoms. The van der Waals surface area contributed by atoms with Gasteiger partial charge in [0.05, 0.1) is 17.1 Å². The molecule has 0 aromatic heterocycles. The number of aromatic hydroxyl groups is 1. The summed E-state index contributed by atoms with van der Waals surface area (Å²) in [5.74, 6) is 8.59. The zero-order chi connectivity index (χ0) is 24.1. The summed E-state index contributed by atoms with van der Waals surface area (Å²) in [6.45, 7) is 5.23. The van der Waals surface area contributed by atoms with Gasteiger partial charge in [-0.3, -0.25) is 0 Å². The smallest absolute Gasteiger partial charge is 0.116 e. The molecular formula is C29H42N2O3. The monoisotopic (exact) mass is 466 g/mol. The third kappa shape index (κ3) is 3.78. The molecule has 1 aromatic carbocycles. The topological polar surface area (TPSA) is 87.7 Å². The first-order chi connectivity index (χ1) is 16.2. The molecule has 4 fully saturated rings. The maximum atomic E-state index is 10.5. The second-order valence-corrected chi connectivity index (χ2v) is 12.0. The molecule has 1 aromatic rings. The molecule has 1 spiro atoms. The molecular weight excluding hydrogens is 424 g/mol. The van der Waals surface area contributed by atoms with Gasteiger partial charge in [0, 0.05) is 31.0 Å². The van der Waals surface area contributed by atoms with E-state index < -0.39 is 5.54 Å². The van der Waals surface area contributed by atoms with Crippen molar-refractivity contribution in [2.24, 2.45) is 29.4 Å². The minimum atomic E-state index is -0.554. The SMILES string of the molecule is CNCc1cc(O)cc2c1C[C@@H]1CCC[C@H](C1)[C@@]13CC[C@H](C(C)(C)O1)[C@](N)(CCO)[C@H]3C#CC2. The van der Waals surface area contributed by atoms with E-state index in [0.29, 0.717) is 30.4 Å². The number of phenols is 1. The number of nitrogens with two attached hydrogens (primary N) is 1. The number of aliphatic hydroxyl groups is 1. The van der Waals surface area contributed by atoms with Crippen molar-refractivity contribution in [3.8, 4) is 17.6 Å². The Hall–Kier alpha value is -1.58. The zero-order valence-corrected chi connectivity index (χ0v) is 21.1. The lowest BCUT2D eigenvalue weighted by Crippen LogP contribution is -2.77. The second-order valence-electron chi connectivity index (χ2n) is 12.0. The fourth-order valence-corrected chi connectivity index (χ4v) is 8.40. The van der Waals surface area contributed by atoms with Crippen LogP contribution in [0.2, 0.25) is 0 Å². The first kappa shape index (κ1) is 24.1. The Morgan fingerprint density at radius 3 is 2.79 bits per heavy atom. The fraction of sp³-hybridized carbons (Fsp3) is 0.724. The van der Waals surface area contributed by atoms with Crippen molar-refractivity contribution >= 4 is 0 Å². The van der Waals surface area contributed by atoms with E-state index in [1.165, 1.54) is 24.0 Å². The van der Waals surface area contributed by atoms with Crippen molar-refractivity contribution in [1.29, 1.82) is 0 Å². The lowest BCUT2D eigenvalue weighted by molar-refractivity contribution is -0.306. The van der Waals surface area contributed by atoms with Gasteiger partial charge in [0.15, 0.2) is 0 Å². The lowest BCUT2D eigenvalue weighted by atomic mass is 9.48. The van der Waals surface area contributed by atoms with Gasteiger partial charge < -0.3 is 26.0 Å². The molecule has 0 amide bonds. The maximum Gasteiger partial charge on any atom is 0.116 e. The fourth-order valence-electron chi connectivity index (χ4n) is 8.40. The van der Waals surface area contributed by atoms with Crippen molar-refractivity contribution < 1.29 is 14.9 Å². The van der Waals surface area contributed by atoms with Crippen LogP contribution in [0.3, 0.4) is 0 Å². The van der Waals surface area contributed by atoms with Crippen molar-refractivity contribution in [2.75, 3.05) is 13.7 Å². The van der Waals surface area contributed by atoms with Crippen molar-refractivity contribution in [3.05, 3.63) is 28.8 Å². The van der Waals surface area contributed by atoms with E-state index in [1.807, 2.05) is 19.2 Å². The number of nitrogens with one attached hydrogen (secondary N) is 1. The van der Waals surface area contributed by atoms with E-state index in [9.17, 15) is 10.2 Å². The molecule has 34 heavy (non-hydrogen) atoms. The van der Waals surface area contributed by atoms with E-state index in [2.05, 4.69) is 31.0 Å². The van der Waals surface area contributed by atoms with Gasteiger partial charge in [-0.1, -0.05) is 24.7 Å². The molecule has 6 rings (SSSR count). The molecule has 5 aliphatic rings. The average molecular weight is 467 g/mol. The van der Waals surface area contributed by atoms with Crippen molar-refractivity contribution in [2.45, 2.75) is 94.9 Å². The van der Waals surface area contributed by atoms with Gasteiger partial charge in [0.2, 0.25) is 0 Å². The number of ether oxygens (including phenoxy) is 1. The van der Waals surface area contributed by atoms with Gasteiger partial charge in [-0.2, -0.15) is 0 Å². The number of phenolic OH excluding ortho intramolecular Hbond substituents is 1. The minimum absolute atomic E-state index is 0.0781. The van der Waals surface area contributed by atoms with Gasteiger partial charge >= 0.3 is 0 Å². The molecule has 0 radical (unpaired) electrons. The molecule has 5 nitrogen and oxygen atoms in total. The molecule has 5 N–H and O–H groups in total. The van der Waals surface area contributed by atoms with E-state index in [-0.39, 0.29) is 29.6 Å². The summed E-state index contributed by atoms with van der Waals surface area (Å²) in [5, 5.41) is 23.8. The lowest BCUT2D eigenvalue weighted by Gasteiger charge is -2.68. The Balaban J connectivity index is 1.65. The number of fused-ring (bicyclic) bond motifs is 5. The average Bonchev–Trinajstić information content (AvgIpc) is 2.78. The molecule has 2 saturated heterocycles. The summed E-state index contributed by atoms with van der Waals surface area (Å²) in [5.41, 5.74) is 9.75. The van der Waals surface area contributed by atoms with Crippen LogP contribution in [0.15, 0.2) is 12.1 Å². The molecule has 0 unspecified atom stereocenters. The number of aliphatic hydroxyl groups excluding tert-OH is 1. The van der Waals surface area contributed by atoms with Gasteiger partial charge in [-0.25, -0.2) is 0 Å². The Morgan fingerprint density at radius 2 is 2.06 bits per heavy atom. The second kappa shape index (κ2) is 8.82. The van der Waals surface area contributed by atoms with Crippen LogP contribution in [-0.4, -0.2) is 40.6 Å². The van der Waals surface area contributed by atoms with Crippen LogP contribution in [0, 0.1) is 35.5 Å². The standard InChI is InChI=1S/C29H42N2O3/c1-27(2)25-10-11-29(34-27)22-8-4-6-19(14-22)15-24-20(16-23(33)17-21(24)18-31-3)7-5-9-26(29)28(25,30)12-13-32/h16-17,19,22,25-26,31-33H,4,6-8,10-15,18,30H2,1-3H3/t19-,22-,25-,26-,28-,29-/m1/s1. The van der Waals surface area contributed by atoms with Crippen molar-refractivity contribution in [1.82, 2.24) is 5.32 Å². The van der Waals surface area contributed by atoms with Crippen LogP contribution < -0.4 is 11.1 Å². The molecule has 2 saturated carbocycles. The third-order valence-electron chi connectivity index (χ3n) is 9.61. The van der Waals surface area contributed by atoms with Crippen molar-refractivity contribution in [3.63, 3.8) is 0 Å². The quantitative estimate of drug-likeness (QED) is 0.509. The molecule has 5 heteroatoms. The summed E-state index contributed by atoms with van der Waals surface area (Å²) in [7, 11) is 1.96. The maximum absolute atomic E-state index is 10.5. The summed E-state index contributed by atoms with van der Waals surface area (Å²) in [4.78, 5) is 0. The van der Waals surface area contributed by atoms with E-state index in [0.717, 1.165) is 44.2 Å². The summed E-state index contributed by atoms with van der Waals surface area (Å²) >= 11 is 0. The molecule has 2 heterocycles. The first-order valence-corrected chi connectivity index (χ1v) is 13.3. The highest BCUT2D eigenvalue weighted by atomic mass is 16.5. The summed E-state index contributed by atoms with van der Waals surface area (Å²) in [6, 6.07) is 3.83. The van der Waals surface area contributed by atoms with Crippen LogP contribution in [0.4, 0.5) is 0 Å². The van der Waals surface area contributed by atoms with E-state index >= 15 is 0 Å². The minimum Gasteiger partial charge on any atom is -0.508 e. The predicted octanol–water partition coefficient (Wildman–Crippen LogP) is 3.67. The van der Waals surface area contributed by atoms with Gasteiger partial charge in [0.25, 0.3) is 0 Å². The predicted molar refractivity (Wildman–Crippen MR) is 134 cm³/mol. The Morgan fingerprint density at radius 1 is 1.24 bits per heavy atom. The number of hydrogen-bond acceptors (Lipinski definition) is 5. The number of hydrogen-bond donors (Lipinski definition) is 4. The Labute approximate surface area is 204 Å². The third-order valence-corrected chi connectivity index (χ3v) is 9.61. The van der Waals surface area contributed by atoms with E-state index in [4.69, 9.17) is 10.5 Å². The molecule has 186 valence electrons. The van der Waals surface area contributed by atoms with E-state index in [1.54, 1.807) is 0 Å². The summed E-state index contributed by atoms with van der Waals surface area (Å²) in [6.07, 6.45) is 8.99. The van der Waals surface area contributed by atoms with Crippen LogP contribution >= 0.6 is 0 Å². The molecule has 6 atom stereocenters. The van der Waals surface area contributed by atoms with Gasteiger partial charge in [-0.05, 0) is 100 Å². The highest BCUT2D eigenvalue weighted by Gasteiger charge is 2.68. The van der Waals surface area contributed by atoms with Crippen LogP contribution in [0.25, 0.3) is 0 Å².